The Bertz CT molecular complexity index is 1070. The van der Waals surface area contributed by atoms with Gasteiger partial charge in [0.05, 0.1) is 0 Å². The van der Waals surface area contributed by atoms with E-state index in [2.05, 4.69) is 45.3 Å². The molecule has 154 valence electrons. The van der Waals surface area contributed by atoms with Gasteiger partial charge in [0.2, 0.25) is 5.95 Å². The van der Waals surface area contributed by atoms with Gasteiger partial charge < -0.3 is 15.1 Å². The van der Waals surface area contributed by atoms with E-state index < -0.39 is 11.5 Å². The molecule has 1 aliphatic rings. The number of hydrogen-bond donors (Lipinski definition) is 2. The van der Waals surface area contributed by atoms with Gasteiger partial charge in [-0.25, -0.2) is 4.98 Å². The second-order valence-corrected chi connectivity index (χ2v) is 7.38. The van der Waals surface area contributed by atoms with E-state index in [1.54, 1.807) is 0 Å². The highest BCUT2D eigenvalue weighted by molar-refractivity contribution is 5.93. The summed E-state index contributed by atoms with van der Waals surface area (Å²) in [5.74, 6) is 0.0765. The molecular weight excluding hydrogens is 378 g/mol. The van der Waals surface area contributed by atoms with Crippen molar-refractivity contribution in [2.24, 2.45) is 0 Å². The van der Waals surface area contributed by atoms with Crippen molar-refractivity contribution in [3.63, 3.8) is 0 Å². The topological polar surface area (TPSA) is 81.3 Å². The monoisotopic (exact) mass is 403 g/mol. The van der Waals surface area contributed by atoms with Gasteiger partial charge in [0.25, 0.3) is 11.5 Å². The van der Waals surface area contributed by atoms with Gasteiger partial charge in [-0.15, -0.1) is 0 Å². The summed E-state index contributed by atoms with van der Waals surface area (Å²) in [4.78, 5) is 36.3. The summed E-state index contributed by atoms with van der Waals surface area (Å²) in [6.45, 7) is 5.65. The maximum atomic E-state index is 12.5. The second kappa shape index (κ2) is 8.82. The van der Waals surface area contributed by atoms with Gasteiger partial charge in [-0.1, -0.05) is 48.5 Å². The molecule has 7 nitrogen and oxygen atoms in total. The minimum Gasteiger partial charge on any atom is -0.368 e. The van der Waals surface area contributed by atoms with Crippen LogP contribution in [-0.4, -0.2) is 42.1 Å². The van der Waals surface area contributed by atoms with Crippen molar-refractivity contribution >= 4 is 17.5 Å². The van der Waals surface area contributed by atoms with Crippen LogP contribution in [0.3, 0.4) is 0 Å². The number of para-hydroxylation sites is 1. The minimum absolute atomic E-state index is 0.0215. The van der Waals surface area contributed by atoms with Crippen LogP contribution in [0.1, 0.15) is 21.5 Å². The van der Waals surface area contributed by atoms with Crippen molar-refractivity contribution in [1.29, 1.82) is 0 Å². The number of carbonyl (C=O) groups excluding carboxylic acids is 1. The van der Waals surface area contributed by atoms with E-state index in [-0.39, 0.29) is 5.56 Å². The van der Waals surface area contributed by atoms with Crippen LogP contribution >= 0.6 is 0 Å². The van der Waals surface area contributed by atoms with Crippen molar-refractivity contribution in [2.75, 3.05) is 36.0 Å². The van der Waals surface area contributed by atoms with Crippen molar-refractivity contribution in [3.05, 3.63) is 87.8 Å². The Kier molecular flexibility index (Phi) is 5.79. The Morgan fingerprint density at radius 3 is 2.37 bits per heavy atom. The normalized spacial score (nSPS) is 13.9. The van der Waals surface area contributed by atoms with Crippen LogP contribution in [0.4, 0.5) is 11.6 Å². The molecule has 2 heterocycles. The smallest absolute Gasteiger partial charge is 0.265 e. The Labute approximate surface area is 175 Å². The second-order valence-electron chi connectivity index (χ2n) is 7.38. The Hall–Kier alpha value is -3.61. The predicted molar refractivity (Wildman–Crippen MR) is 118 cm³/mol. The zero-order valence-electron chi connectivity index (χ0n) is 17.0. The zero-order chi connectivity index (χ0) is 20.9. The number of nitrogens with one attached hydrogen (secondary N) is 2. The number of rotatable bonds is 5. The molecule has 1 fully saturated rings. The maximum Gasteiger partial charge on any atom is 0.265 e. The number of aryl methyl sites for hydroxylation is 1. The number of amides is 1. The standard InChI is InChI=1S/C23H25N5O2/c1-17-7-5-6-10-20(17)27-11-13-28(14-12-27)23-25-16-19(22(30)26-23)21(29)24-15-18-8-3-2-4-9-18/h2-10,16H,11-15H2,1H3,(H,24,29)(H,25,26,30). The first-order valence-electron chi connectivity index (χ1n) is 10.1. The number of nitrogens with zero attached hydrogens (tertiary/aromatic N) is 3. The molecule has 1 saturated heterocycles. The number of piperazine rings is 1. The molecule has 0 unspecified atom stereocenters. The lowest BCUT2D eigenvalue weighted by Gasteiger charge is -2.37. The van der Waals surface area contributed by atoms with Crippen LogP contribution in [0.5, 0.6) is 0 Å². The van der Waals surface area contributed by atoms with Gasteiger partial charge in [0.15, 0.2) is 0 Å². The van der Waals surface area contributed by atoms with Crippen LogP contribution < -0.4 is 20.7 Å². The first-order valence-corrected chi connectivity index (χ1v) is 10.1. The molecule has 2 N–H and O–H groups in total. The van der Waals surface area contributed by atoms with E-state index in [9.17, 15) is 9.59 Å². The molecule has 1 amide bonds. The summed E-state index contributed by atoms with van der Waals surface area (Å²) in [7, 11) is 0. The average molecular weight is 403 g/mol. The molecule has 0 radical (unpaired) electrons. The number of aromatic amines is 1. The molecule has 0 atom stereocenters. The molecule has 0 aliphatic carbocycles. The molecule has 3 aromatic rings. The van der Waals surface area contributed by atoms with Gasteiger partial charge in [-0.3, -0.25) is 14.6 Å². The highest BCUT2D eigenvalue weighted by Crippen LogP contribution is 2.21. The summed E-state index contributed by atoms with van der Waals surface area (Å²) in [6, 6.07) is 17.9. The number of benzene rings is 2. The lowest BCUT2D eigenvalue weighted by Crippen LogP contribution is -2.47. The first kappa shape index (κ1) is 19.7. The van der Waals surface area contributed by atoms with Crippen molar-refractivity contribution in [3.8, 4) is 0 Å². The molecular formula is C23H25N5O2. The van der Waals surface area contributed by atoms with Gasteiger partial charge in [-0.2, -0.15) is 0 Å². The van der Waals surface area contributed by atoms with Crippen LogP contribution in [-0.2, 0) is 6.54 Å². The van der Waals surface area contributed by atoms with Crippen molar-refractivity contribution < 1.29 is 4.79 Å². The third kappa shape index (κ3) is 4.35. The van der Waals surface area contributed by atoms with Crippen LogP contribution in [0.15, 0.2) is 65.6 Å². The summed E-state index contributed by atoms with van der Waals surface area (Å²) < 4.78 is 0. The summed E-state index contributed by atoms with van der Waals surface area (Å²) in [6.07, 6.45) is 1.36. The Morgan fingerprint density at radius 1 is 1.00 bits per heavy atom. The Balaban J connectivity index is 1.38. The molecule has 30 heavy (non-hydrogen) atoms. The molecule has 0 bridgehead atoms. The third-order valence-corrected chi connectivity index (χ3v) is 5.36. The van der Waals surface area contributed by atoms with E-state index in [4.69, 9.17) is 0 Å². The summed E-state index contributed by atoms with van der Waals surface area (Å²) in [5, 5.41) is 2.77. The zero-order valence-corrected chi connectivity index (χ0v) is 17.0. The lowest BCUT2D eigenvalue weighted by molar-refractivity contribution is 0.0949. The van der Waals surface area contributed by atoms with Gasteiger partial charge in [-0.05, 0) is 24.1 Å². The Morgan fingerprint density at radius 2 is 1.67 bits per heavy atom. The molecule has 0 saturated carbocycles. The number of H-pyrrole nitrogens is 1. The van der Waals surface area contributed by atoms with E-state index >= 15 is 0 Å². The van der Waals surface area contributed by atoms with Crippen molar-refractivity contribution in [2.45, 2.75) is 13.5 Å². The first-order chi connectivity index (χ1) is 14.6. The van der Waals surface area contributed by atoms with E-state index in [1.165, 1.54) is 17.4 Å². The van der Waals surface area contributed by atoms with E-state index in [1.807, 2.05) is 41.3 Å². The average Bonchev–Trinajstić information content (AvgIpc) is 2.78. The van der Waals surface area contributed by atoms with Gasteiger partial charge >= 0.3 is 0 Å². The van der Waals surface area contributed by atoms with Gasteiger partial charge in [0.1, 0.15) is 5.56 Å². The van der Waals surface area contributed by atoms with E-state index in [0.29, 0.717) is 12.5 Å². The summed E-state index contributed by atoms with van der Waals surface area (Å²) >= 11 is 0. The fourth-order valence-corrected chi connectivity index (χ4v) is 3.66. The third-order valence-electron chi connectivity index (χ3n) is 5.36. The van der Waals surface area contributed by atoms with Gasteiger partial charge in [0, 0.05) is 44.6 Å². The highest BCUT2D eigenvalue weighted by Gasteiger charge is 2.21. The largest absolute Gasteiger partial charge is 0.368 e. The number of carbonyl (C=O) groups is 1. The minimum atomic E-state index is -0.427. The molecule has 4 rings (SSSR count). The predicted octanol–water partition coefficient (Wildman–Crippen LogP) is 2.33. The number of aromatic nitrogens is 2. The van der Waals surface area contributed by atoms with Crippen LogP contribution in [0, 0.1) is 6.92 Å². The molecule has 7 heteroatoms. The summed E-state index contributed by atoms with van der Waals surface area (Å²) in [5.41, 5.74) is 3.06. The van der Waals surface area contributed by atoms with Crippen molar-refractivity contribution in [1.82, 2.24) is 15.3 Å². The SMILES string of the molecule is Cc1ccccc1N1CCN(c2ncc(C(=O)NCc3ccccc3)c(=O)[nH]2)CC1. The van der Waals surface area contributed by atoms with Crippen LogP contribution in [0.25, 0.3) is 0 Å². The van der Waals surface area contributed by atoms with E-state index in [0.717, 1.165) is 31.7 Å². The molecule has 1 aromatic heterocycles. The maximum absolute atomic E-state index is 12.5. The number of anilines is 2. The molecule has 0 spiro atoms. The van der Waals surface area contributed by atoms with Crippen LogP contribution in [0.2, 0.25) is 0 Å². The lowest BCUT2D eigenvalue weighted by atomic mass is 10.1. The fraction of sp³-hybridized carbons (Fsp3) is 0.261. The fourth-order valence-electron chi connectivity index (χ4n) is 3.66. The highest BCUT2D eigenvalue weighted by atomic mass is 16.2. The number of hydrogen-bond acceptors (Lipinski definition) is 5. The molecule has 1 aliphatic heterocycles. The molecule has 2 aromatic carbocycles. The quantitative estimate of drug-likeness (QED) is 0.683.